The van der Waals surface area contributed by atoms with Gasteiger partial charge in [-0.25, -0.2) is 8.78 Å². The Morgan fingerprint density at radius 3 is 1.10 bits per heavy atom. The first-order chi connectivity index (χ1) is 42.2. The molecule has 0 saturated carbocycles. The fourth-order valence-corrected chi connectivity index (χ4v) is 14.8. The molecular weight excluding hydrogens is 1070 g/mol. The highest BCUT2D eigenvalue weighted by molar-refractivity contribution is 6.26. The van der Waals surface area contributed by atoms with Crippen LogP contribution >= 0.6 is 0 Å². The molecule has 418 valence electrons. The Morgan fingerprint density at radius 2 is 0.644 bits per heavy atom. The van der Waals surface area contributed by atoms with Crippen LogP contribution in [0.5, 0.6) is 0 Å². The van der Waals surface area contributed by atoms with Gasteiger partial charge in [0.1, 0.15) is 0 Å². The van der Waals surface area contributed by atoms with Gasteiger partial charge in [0, 0.05) is 44.3 Å². The minimum absolute atomic E-state index is 0.0861. The minimum Gasteiger partial charge on any atom is -0.451 e. The molecular formula is C81H58F2N2O2. The lowest BCUT2D eigenvalue weighted by Crippen LogP contribution is -2.26. The highest BCUT2D eigenvalue weighted by Crippen LogP contribution is 2.65. The molecule has 0 unspecified atom stereocenters. The molecule has 0 atom stereocenters. The number of anilines is 6. The molecule has 4 nitrogen and oxygen atoms in total. The van der Waals surface area contributed by atoms with E-state index in [9.17, 15) is 0 Å². The number of fused-ring (bicyclic) bond motifs is 22. The molecule has 0 N–H and O–H groups in total. The first kappa shape index (κ1) is 51.1. The SMILES string of the molecule is CC(C)(C)c1ccc(N(c2ccc3c(c2)C2(c4ccccc4-c4cc5c6ccccc6c6ccccc6c5cc42)c2cc(N(c4ccc(C(C)(C)C)cc4)c4cccc5c4oc4c(F)cccc45)ccc2-3)c2cccc3c2oc2c(F)cccc23)cc1. The number of para-hydroxylation sites is 4. The van der Waals surface area contributed by atoms with Crippen molar-refractivity contribution in [2.45, 2.75) is 57.8 Å². The van der Waals surface area contributed by atoms with Crippen LogP contribution in [-0.2, 0) is 16.2 Å². The van der Waals surface area contributed by atoms with Gasteiger partial charge in [0.2, 0.25) is 0 Å². The van der Waals surface area contributed by atoms with Gasteiger partial charge in [-0.05, 0) is 184 Å². The summed E-state index contributed by atoms with van der Waals surface area (Å²) >= 11 is 0. The van der Waals surface area contributed by atoms with E-state index in [1.807, 2.05) is 36.4 Å². The van der Waals surface area contributed by atoms with Crippen LogP contribution in [0.2, 0.25) is 0 Å². The van der Waals surface area contributed by atoms with Crippen LogP contribution in [0.4, 0.5) is 42.9 Å². The van der Waals surface area contributed by atoms with Gasteiger partial charge in [0.15, 0.2) is 34.0 Å². The van der Waals surface area contributed by atoms with Gasteiger partial charge in [-0.3, -0.25) is 0 Å². The van der Waals surface area contributed by atoms with E-state index in [1.54, 1.807) is 12.1 Å². The van der Waals surface area contributed by atoms with Crippen molar-refractivity contribution in [3.63, 3.8) is 0 Å². The summed E-state index contributed by atoms with van der Waals surface area (Å²) in [5, 5.41) is 10.4. The van der Waals surface area contributed by atoms with Crippen molar-refractivity contribution in [3.8, 4) is 22.3 Å². The summed E-state index contributed by atoms with van der Waals surface area (Å²) < 4.78 is 45.1. The van der Waals surface area contributed by atoms with Crippen LogP contribution in [0.15, 0.2) is 251 Å². The molecule has 0 amide bonds. The average molecular weight is 1130 g/mol. The van der Waals surface area contributed by atoms with Crippen molar-refractivity contribution < 1.29 is 17.6 Å². The van der Waals surface area contributed by atoms with Gasteiger partial charge in [-0.2, -0.15) is 0 Å². The average Bonchev–Trinajstić information content (AvgIpc) is 1.51. The zero-order valence-electron chi connectivity index (χ0n) is 49.1. The molecule has 6 heteroatoms. The minimum atomic E-state index is -0.879. The van der Waals surface area contributed by atoms with Crippen LogP contribution in [0.3, 0.4) is 0 Å². The first-order valence-electron chi connectivity index (χ1n) is 30.0. The van der Waals surface area contributed by atoms with E-state index in [0.29, 0.717) is 11.2 Å². The third-order valence-electron chi connectivity index (χ3n) is 18.9. The van der Waals surface area contributed by atoms with E-state index in [1.165, 1.54) is 77.8 Å². The molecule has 15 aromatic rings. The summed E-state index contributed by atoms with van der Waals surface area (Å²) in [5.41, 5.74) is 17.6. The van der Waals surface area contributed by atoms with Crippen LogP contribution in [-0.4, -0.2) is 0 Å². The molecule has 2 aromatic heterocycles. The molecule has 1 spiro atoms. The molecule has 17 rings (SSSR count). The Morgan fingerprint density at radius 1 is 0.287 bits per heavy atom. The standard InChI is InChI=1S/C81H58F2N2O2/c1-79(2,3)47-31-35-49(36-32-47)84(73-29-15-24-62-60-22-13-27-71(82)75(60)86-77(62)73)51-39-41-58-59-42-40-52(85(50-37-33-48(34-38-50)80(4,5)6)74-30-16-25-63-61-23-14-28-72(83)76(61)87-78(63)74)44-69(59)81(68(58)43-51)67-26-12-11-21-57(67)66-45-64-55-19-9-7-17-53(55)54-18-8-10-20-56(54)65(64)46-70(66)81/h7-46H,1-6H3. The third-order valence-corrected chi connectivity index (χ3v) is 18.9. The smallest absolute Gasteiger partial charge is 0.171 e. The normalized spacial score (nSPS) is 13.4. The van der Waals surface area contributed by atoms with E-state index in [2.05, 4.69) is 233 Å². The van der Waals surface area contributed by atoms with Crippen LogP contribution in [0.1, 0.15) is 74.9 Å². The molecule has 2 aliphatic carbocycles. The van der Waals surface area contributed by atoms with Crippen LogP contribution < -0.4 is 9.80 Å². The van der Waals surface area contributed by atoms with Crippen molar-refractivity contribution in [1.29, 1.82) is 0 Å². The lowest BCUT2D eigenvalue weighted by Gasteiger charge is -2.33. The largest absolute Gasteiger partial charge is 0.451 e. The highest BCUT2D eigenvalue weighted by Gasteiger charge is 2.52. The fourth-order valence-electron chi connectivity index (χ4n) is 14.8. The maximum Gasteiger partial charge on any atom is 0.171 e. The number of furan rings is 2. The zero-order chi connectivity index (χ0) is 58.8. The number of nitrogens with zero attached hydrogens (tertiary/aromatic N) is 2. The molecule has 2 heterocycles. The summed E-state index contributed by atoms with van der Waals surface area (Å²) in [5.74, 6) is -0.800. The van der Waals surface area contributed by atoms with E-state index >= 15 is 8.78 Å². The number of rotatable bonds is 6. The van der Waals surface area contributed by atoms with Crippen molar-refractivity contribution in [2.75, 3.05) is 9.80 Å². The van der Waals surface area contributed by atoms with Crippen molar-refractivity contribution in [1.82, 2.24) is 0 Å². The van der Waals surface area contributed by atoms with E-state index < -0.39 is 17.0 Å². The molecule has 0 aliphatic heterocycles. The van der Waals surface area contributed by atoms with E-state index in [4.69, 9.17) is 8.83 Å². The zero-order valence-corrected chi connectivity index (χ0v) is 49.1. The Kier molecular flexibility index (Phi) is 10.8. The summed E-state index contributed by atoms with van der Waals surface area (Å²) in [6.45, 7) is 13.4. The first-order valence-corrected chi connectivity index (χ1v) is 30.0. The summed E-state index contributed by atoms with van der Waals surface area (Å²) in [4.78, 5) is 4.58. The Balaban J connectivity index is 0.976. The molecule has 0 bridgehead atoms. The van der Waals surface area contributed by atoms with Gasteiger partial charge >= 0.3 is 0 Å². The summed E-state index contributed by atoms with van der Waals surface area (Å²) in [7, 11) is 0. The van der Waals surface area contributed by atoms with E-state index in [-0.39, 0.29) is 22.0 Å². The molecule has 2 aliphatic rings. The molecule has 0 saturated heterocycles. The Hall–Kier alpha value is -10.3. The number of hydrogen-bond acceptors (Lipinski definition) is 4. The van der Waals surface area contributed by atoms with Gasteiger partial charge in [-0.15, -0.1) is 0 Å². The number of halogens is 2. The Bertz CT molecular complexity index is 5170. The molecule has 0 radical (unpaired) electrons. The number of hydrogen-bond donors (Lipinski definition) is 0. The van der Waals surface area contributed by atoms with Crippen LogP contribution in [0.25, 0.3) is 98.4 Å². The Labute approximate surface area is 502 Å². The van der Waals surface area contributed by atoms with Gasteiger partial charge in [-0.1, -0.05) is 199 Å². The van der Waals surface area contributed by atoms with E-state index in [0.717, 1.165) is 77.9 Å². The quantitative estimate of drug-likeness (QED) is 0.155. The second-order valence-electron chi connectivity index (χ2n) is 25.8. The molecule has 87 heavy (non-hydrogen) atoms. The maximum atomic E-state index is 15.8. The topological polar surface area (TPSA) is 32.8 Å². The molecule has 13 aromatic carbocycles. The van der Waals surface area contributed by atoms with Gasteiger partial charge in [0.25, 0.3) is 0 Å². The fraction of sp³-hybridized carbons (Fsp3) is 0.111. The van der Waals surface area contributed by atoms with Crippen LogP contribution in [0, 0.1) is 11.6 Å². The second-order valence-corrected chi connectivity index (χ2v) is 25.8. The lowest BCUT2D eigenvalue weighted by atomic mass is 9.70. The van der Waals surface area contributed by atoms with Crippen molar-refractivity contribution >= 4 is 110 Å². The van der Waals surface area contributed by atoms with Gasteiger partial charge < -0.3 is 18.6 Å². The third kappa shape index (κ3) is 7.34. The lowest BCUT2D eigenvalue weighted by molar-refractivity contribution is 0.584. The highest BCUT2D eigenvalue weighted by atomic mass is 19.1. The second kappa shape index (κ2) is 18.4. The van der Waals surface area contributed by atoms with Crippen molar-refractivity contribution in [2.24, 2.45) is 0 Å². The summed E-state index contributed by atoms with van der Waals surface area (Å²) in [6.07, 6.45) is 0. The van der Waals surface area contributed by atoms with Crippen molar-refractivity contribution in [3.05, 3.63) is 288 Å². The maximum absolute atomic E-state index is 15.8. The predicted molar refractivity (Wildman–Crippen MR) is 356 cm³/mol. The summed E-state index contributed by atoms with van der Waals surface area (Å²) in [6, 6.07) is 85.9. The number of benzene rings is 13. The van der Waals surface area contributed by atoms with Gasteiger partial charge in [0.05, 0.1) is 16.8 Å². The predicted octanol–water partition coefficient (Wildman–Crippen LogP) is 23.1. The monoisotopic (exact) mass is 1130 g/mol. The molecule has 0 fully saturated rings.